The van der Waals surface area contributed by atoms with Gasteiger partial charge in [0.05, 0.1) is 27.4 Å². The van der Waals surface area contributed by atoms with Crippen molar-refractivity contribution >= 4 is 18.3 Å². The molecule has 50 heavy (non-hydrogen) atoms. The Morgan fingerprint density at radius 1 is 0.840 bits per heavy atom. The quantitative estimate of drug-likeness (QED) is 0.128. The number of fused-ring (bicyclic) bond motifs is 1. The lowest BCUT2D eigenvalue weighted by atomic mass is 9.68. The van der Waals surface area contributed by atoms with Gasteiger partial charge in [0.2, 0.25) is 5.91 Å². The molecule has 1 saturated heterocycles. The highest BCUT2D eigenvalue weighted by Gasteiger charge is 2.42. The minimum Gasteiger partial charge on any atom is -0.497 e. The van der Waals surface area contributed by atoms with Gasteiger partial charge in [0, 0.05) is 30.5 Å². The van der Waals surface area contributed by atoms with E-state index in [2.05, 4.69) is 89.1 Å². The van der Waals surface area contributed by atoms with Crippen LogP contribution >= 0.6 is 12.4 Å². The molecular weight excluding hydrogens is 644 g/mol. The van der Waals surface area contributed by atoms with Gasteiger partial charge in [-0.3, -0.25) is 9.69 Å². The second kappa shape index (κ2) is 17.9. The third-order valence-corrected chi connectivity index (χ3v) is 10.9. The van der Waals surface area contributed by atoms with Crippen LogP contribution in [0, 0.1) is 0 Å². The number of nitrogens with one attached hydrogen (secondary N) is 1. The van der Waals surface area contributed by atoms with E-state index < -0.39 is 0 Å². The zero-order chi connectivity index (χ0) is 33.9. The molecule has 1 aliphatic heterocycles. The first-order valence-corrected chi connectivity index (χ1v) is 18.0. The van der Waals surface area contributed by atoms with Crippen LogP contribution in [0.5, 0.6) is 11.5 Å². The number of rotatable bonds is 15. The maximum absolute atomic E-state index is 12.9. The van der Waals surface area contributed by atoms with Gasteiger partial charge in [-0.1, -0.05) is 78.9 Å². The van der Waals surface area contributed by atoms with E-state index in [0.29, 0.717) is 13.0 Å². The minimum atomic E-state index is -0.150. The molecule has 0 bridgehead atoms. The fraction of sp³-hybridized carbons (Fsp3) is 0.419. The number of carbonyl (C=O) groups is 1. The number of hydrogen-bond acceptors (Lipinski definition) is 5. The molecule has 1 atom stereocenters. The van der Waals surface area contributed by atoms with Gasteiger partial charge in [0.15, 0.2) is 0 Å². The number of amides is 1. The summed E-state index contributed by atoms with van der Waals surface area (Å²) in [6.45, 7) is 4.23. The summed E-state index contributed by atoms with van der Waals surface area (Å²) in [5.74, 6) is 1.87. The molecule has 0 aromatic heterocycles. The molecule has 1 spiro atoms. The number of aryl methyl sites for hydroxylation is 2. The Hall–Kier alpha value is -3.84. The predicted molar refractivity (Wildman–Crippen MR) is 204 cm³/mol. The monoisotopic (exact) mass is 696 g/mol. The molecular formula is C43H53ClN2O4. The van der Waals surface area contributed by atoms with Crippen LogP contribution < -0.4 is 14.8 Å². The predicted octanol–water partition coefficient (Wildman–Crippen LogP) is 7.98. The molecule has 1 unspecified atom stereocenters. The van der Waals surface area contributed by atoms with Crippen molar-refractivity contribution in [3.05, 3.63) is 131 Å². The average Bonchev–Trinajstić information content (AvgIpc) is 3.16. The number of ether oxygens (including phenoxy) is 3. The van der Waals surface area contributed by atoms with Gasteiger partial charge < -0.3 is 19.5 Å². The third-order valence-electron chi connectivity index (χ3n) is 10.9. The highest BCUT2D eigenvalue weighted by Crippen LogP contribution is 2.42. The Labute approximate surface area is 304 Å². The fourth-order valence-corrected chi connectivity index (χ4v) is 8.17. The molecule has 1 heterocycles. The van der Waals surface area contributed by atoms with Crippen LogP contribution in [-0.2, 0) is 34.2 Å². The Kier molecular flexibility index (Phi) is 13.4. The van der Waals surface area contributed by atoms with Crippen LogP contribution in [-0.4, -0.2) is 63.4 Å². The highest BCUT2D eigenvalue weighted by atomic mass is 35.5. The largest absolute Gasteiger partial charge is 0.497 e. The van der Waals surface area contributed by atoms with Gasteiger partial charge in [0.1, 0.15) is 11.5 Å². The summed E-state index contributed by atoms with van der Waals surface area (Å²) in [5.41, 5.74) is 6.55. The summed E-state index contributed by atoms with van der Waals surface area (Å²) in [7, 11) is 3.42. The van der Waals surface area contributed by atoms with Crippen LogP contribution in [0.1, 0.15) is 66.3 Å². The zero-order valence-corrected chi connectivity index (χ0v) is 30.5. The zero-order valence-electron chi connectivity index (χ0n) is 29.7. The van der Waals surface area contributed by atoms with Crippen molar-refractivity contribution in [1.29, 1.82) is 0 Å². The number of benzene rings is 4. The Balaban J connectivity index is 0.00000486. The minimum absolute atomic E-state index is 0. The molecule has 2 aliphatic rings. The van der Waals surface area contributed by atoms with Crippen molar-refractivity contribution in [2.75, 3.05) is 47.1 Å². The van der Waals surface area contributed by atoms with E-state index in [9.17, 15) is 4.79 Å². The van der Waals surface area contributed by atoms with Crippen LogP contribution in [0.2, 0.25) is 0 Å². The van der Waals surface area contributed by atoms with Crippen molar-refractivity contribution in [1.82, 2.24) is 10.2 Å². The fourth-order valence-electron chi connectivity index (χ4n) is 8.17. The lowest BCUT2D eigenvalue weighted by Gasteiger charge is -2.50. The second-order valence-corrected chi connectivity index (χ2v) is 13.8. The summed E-state index contributed by atoms with van der Waals surface area (Å²) in [6, 6.07) is 36.6. The standard InChI is InChI=1S/C43H52N2O4.ClH/c1-47-39-19-15-34(16-20-39)17-22-41(46)44-27-9-24-43(37-11-5-3-6-12-37,38-13-7-4-8-14-38)25-10-28-45-29-30-49-33-42(45)26-23-35-18-21-40(48-2)31-36(35)32-42;/h3-8,11-16,18-21,31H,9-10,17,22-30,32-33H2,1-2H3,(H,44,46);1H. The van der Waals surface area contributed by atoms with Gasteiger partial charge >= 0.3 is 0 Å². The molecule has 1 amide bonds. The first-order chi connectivity index (χ1) is 24.0. The summed E-state index contributed by atoms with van der Waals surface area (Å²) in [4.78, 5) is 15.6. The van der Waals surface area contributed by atoms with Crippen molar-refractivity contribution in [2.24, 2.45) is 0 Å². The summed E-state index contributed by atoms with van der Waals surface area (Å²) in [5, 5.41) is 3.22. The van der Waals surface area contributed by atoms with E-state index in [-0.39, 0.29) is 29.3 Å². The Bertz CT molecular complexity index is 1590. The topological polar surface area (TPSA) is 60.0 Å². The number of nitrogens with zero attached hydrogens (tertiary/aromatic N) is 1. The summed E-state index contributed by atoms with van der Waals surface area (Å²) >= 11 is 0. The lowest BCUT2D eigenvalue weighted by molar-refractivity contribution is -0.121. The molecule has 6 rings (SSSR count). The van der Waals surface area contributed by atoms with Crippen molar-refractivity contribution in [3.63, 3.8) is 0 Å². The smallest absolute Gasteiger partial charge is 0.220 e. The molecule has 1 aliphatic carbocycles. The third kappa shape index (κ3) is 8.90. The molecule has 7 heteroatoms. The molecule has 4 aromatic carbocycles. The maximum Gasteiger partial charge on any atom is 0.220 e. The molecule has 1 N–H and O–H groups in total. The number of hydrogen-bond donors (Lipinski definition) is 1. The van der Waals surface area contributed by atoms with E-state index in [1.54, 1.807) is 14.2 Å². The molecule has 0 radical (unpaired) electrons. The number of carbonyl (C=O) groups excluding carboxylic acids is 1. The molecule has 6 nitrogen and oxygen atoms in total. The maximum atomic E-state index is 12.9. The van der Waals surface area contributed by atoms with Gasteiger partial charge in [-0.15, -0.1) is 12.4 Å². The first-order valence-electron chi connectivity index (χ1n) is 18.0. The van der Waals surface area contributed by atoms with Crippen molar-refractivity contribution in [2.45, 2.75) is 68.7 Å². The summed E-state index contributed by atoms with van der Waals surface area (Å²) in [6.07, 6.45) is 8.36. The van der Waals surface area contributed by atoms with Crippen LogP contribution in [0.3, 0.4) is 0 Å². The van der Waals surface area contributed by atoms with Crippen LogP contribution in [0.25, 0.3) is 0 Å². The van der Waals surface area contributed by atoms with Crippen LogP contribution in [0.15, 0.2) is 103 Å². The second-order valence-electron chi connectivity index (χ2n) is 13.8. The normalized spacial score (nSPS) is 17.4. The van der Waals surface area contributed by atoms with E-state index in [1.165, 1.54) is 22.3 Å². The van der Waals surface area contributed by atoms with Gasteiger partial charge in [-0.05, 0) is 110 Å². The molecule has 0 saturated carbocycles. The molecule has 4 aromatic rings. The van der Waals surface area contributed by atoms with E-state index in [0.717, 1.165) is 94.7 Å². The van der Waals surface area contributed by atoms with Gasteiger partial charge in [0.25, 0.3) is 0 Å². The summed E-state index contributed by atoms with van der Waals surface area (Å²) < 4.78 is 17.0. The van der Waals surface area contributed by atoms with E-state index in [1.807, 2.05) is 24.3 Å². The SMILES string of the molecule is COc1ccc(CCC(=O)NCCCC(CCCN2CCOCC23CCc2ccc(OC)cc2C3)(c2ccccc2)c2ccccc2)cc1.Cl. The lowest BCUT2D eigenvalue weighted by Crippen LogP contribution is -2.59. The van der Waals surface area contributed by atoms with Crippen molar-refractivity contribution in [3.8, 4) is 11.5 Å². The molecule has 266 valence electrons. The average molecular weight is 697 g/mol. The first kappa shape index (κ1) is 37.4. The Morgan fingerprint density at radius 2 is 1.50 bits per heavy atom. The highest BCUT2D eigenvalue weighted by molar-refractivity contribution is 5.85. The van der Waals surface area contributed by atoms with E-state index >= 15 is 0 Å². The Morgan fingerprint density at radius 3 is 2.18 bits per heavy atom. The number of halogens is 1. The van der Waals surface area contributed by atoms with Gasteiger partial charge in [-0.2, -0.15) is 0 Å². The van der Waals surface area contributed by atoms with E-state index in [4.69, 9.17) is 14.2 Å². The van der Waals surface area contributed by atoms with Gasteiger partial charge in [-0.25, -0.2) is 0 Å². The number of methoxy groups -OCH3 is 2. The van der Waals surface area contributed by atoms with Crippen LogP contribution in [0.4, 0.5) is 0 Å². The number of morpholine rings is 1. The molecule has 1 fully saturated rings. The van der Waals surface area contributed by atoms with Crippen molar-refractivity contribution < 1.29 is 19.0 Å².